The molecule has 0 atom stereocenters. The molecule has 0 bridgehead atoms. The minimum Gasteiger partial charge on any atom is -0.858 e. The van der Waals surface area contributed by atoms with Crippen molar-refractivity contribution in [3.05, 3.63) is 54.6 Å². The van der Waals surface area contributed by atoms with Gasteiger partial charge in [-0.25, -0.2) is 4.98 Å². The quantitative estimate of drug-likeness (QED) is 0.259. The van der Waals surface area contributed by atoms with Crippen LogP contribution in [0.25, 0.3) is 44.3 Å². The van der Waals surface area contributed by atoms with Crippen LogP contribution in [0.15, 0.2) is 59.7 Å². The molecule has 5 rings (SSSR count). The highest BCUT2D eigenvalue weighted by Gasteiger charge is 2.34. The predicted molar refractivity (Wildman–Crippen MR) is 116 cm³/mol. The van der Waals surface area contributed by atoms with Gasteiger partial charge in [-0.2, -0.15) is 0 Å². The van der Waals surface area contributed by atoms with Crippen LogP contribution >= 0.6 is 0 Å². The smallest absolute Gasteiger partial charge is 0.272 e. The van der Waals surface area contributed by atoms with E-state index in [4.69, 9.17) is 9.72 Å². The van der Waals surface area contributed by atoms with E-state index in [9.17, 15) is 5.11 Å². The van der Waals surface area contributed by atoms with Gasteiger partial charge in [0.25, 0.3) is 11.2 Å². The molecule has 0 unspecified atom stereocenters. The van der Waals surface area contributed by atoms with E-state index in [1.165, 1.54) is 0 Å². The lowest BCUT2D eigenvalue weighted by Gasteiger charge is -2.12. The largest absolute Gasteiger partial charge is 0.858 e. The van der Waals surface area contributed by atoms with E-state index in [-0.39, 0.29) is 5.90 Å². The van der Waals surface area contributed by atoms with Gasteiger partial charge in [0, 0.05) is 35.5 Å². The van der Waals surface area contributed by atoms with Gasteiger partial charge < -0.3 is 14.7 Å². The summed E-state index contributed by atoms with van der Waals surface area (Å²) in [5.74, 6) is 0.552. The zero-order valence-electron chi connectivity index (χ0n) is 17.2. The number of fused-ring (bicyclic) bond motifs is 4. The molecule has 6 nitrogen and oxygen atoms in total. The molecule has 1 aliphatic rings. The van der Waals surface area contributed by atoms with Crippen LogP contribution < -0.4 is 14.5 Å². The second-order valence-electron chi connectivity index (χ2n) is 7.73. The van der Waals surface area contributed by atoms with Crippen molar-refractivity contribution < 1.29 is 14.5 Å². The molecule has 0 saturated carbocycles. The monoisotopic (exact) mass is 398 g/mol. The lowest BCUT2D eigenvalue weighted by molar-refractivity contribution is -0.644. The maximum absolute atomic E-state index is 12.7. The van der Waals surface area contributed by atoms with E-state index in [1.54, 1.807) is 11.8 Å². The topological polar surface area (TPSA) is 64.7 Å². The summed E-state index contributed by atoms with van der Waals surface area (Å²) in [7, 11) is 5.53. The highest BCUT2D eigenvalue weighted by atomic mass is 16.5. The minimum absolute atomic E-state index is 0.164. The van der Waals surface area contributed by atoms with Crippen LogP contribution in [-0.4, -0.2) is 43.5 Å². The van der Waals surface area contributed by atoms with Crippen molar-refractivity contribution in [2.75, 3.05) is 27.7 Å². The maximum Gasteiger partial charge on any atom is 0.272 e. The molecular weight excluding hydrogens is 376 g/mol. The highest BCUT2D eigenvalue weighted by molar-refractivity contribution is 6.13. The lowest BCUT2D eigenvalue weighted by atomic mass is 10.0. The number of methoxy groups -OCH3 is 1. The van der Waals surface area contributed by atoms with Gasteiger partial charge in [-0.3, -0.25) is 0 Å². The summed E-state index contributed by atoms with van der Waals surface area (Å²) in [5.41, 5.74) is 5.32. The van der Waals surface area contributed by atoms with Gasteiger partial charge in [0.2, 0.25) is 0 Å². The SMILES string of the molecule is COc1ccc2c(c1)nc1c([n+]2/N=C(\[O-])CCN(C)C)-c2cccc3cccc-1c23. The van der Waals surface area contributed by atoms with Crippen LogP contribution in [0.2, 0.25) is 0 Å². The molecule has 1 heterocycles. The van der Waals surface area contributed by atoms with E-state index in [1.807, 2.05) is 49.3 Å². The van der Waals surface area contributed by atoms with E-state index < -0.39 is 0 Å². The van der Waals surface area contributed by atoms with Gasteiger partial charge in [-0.05, 0) is 47.8 Å². The number of benzene rings is 3. The number of rotatable bonds is 5. The third-order valence-electron chi connectivity index (χ3n) is 5.48. The lowest BCUT2D eigenvalue weighted by Crippen LogP contribution is -2.38. The zero-order valence-corrected chi connectivity index (χ0v) is 17.2. The average Bonchev–Trinajstić information content (AvgIpc) is 3.07. The first kappa shape index (κ1) is 18.5. The summed E-state index contributed by atoms with van der Waals surface area (Å²) in [6, 6.07) is 18.1. The molecule has 1 aromatic heterocycles. The first-order chi connectivity index (χ1) is 14.6. The molecule has 4 aromatic rings. The van der Waals surface area contributed by atoms with E-state index in [2.05, 4.69) is 29.4 Å². The molecule has 0 saturated heterocycles. The summed E-state index contributed by atoms with van der Waals surface area (Å²) in [6.45, 7) is 0.651. The molecular formula is C24H22N4O2. The summed E-state index contributed by atoms with van der Waals surface area (Å²) >= 11 is 0. The number of ether oxygens (including phenoxy) is 1. The normalized spacial score (nSPS) is 12.7. The standard InChI is InChI=1S/C24H22N4O2/c1-27(2)13-12-21(29)26-28-20-11-10-16(30-3)14-19(20)25-23-17-8-4-6-15-7-5-9-18(22(15)17)24(23)28/h4-11,14H,12-13H2,1-3H3. The fourth-order valence-electron chi connectivity index (χ4n) is 4.04. The zero-order chi connectivity index (χ0) is 20.8. The number of aromatic nitrogens is 2. The molecule has 1 aliphatic carbocycles. The summed E-state index contributed by atoms with van der Waals surface area (Å²) < 4.78 is 7.16. The maximum atomic E-state index is 12.7. The Hall–Kier alpha value is -3.51. The van der Waals surface area contributed by atoms with Crippen LogP contribution in [0.3, 0.4) is 0 Å². The molecule has 0 amide bonds. The second-order valence-corrected chi connectivity index (χ2v) is 7.73. The van der Waals surface area contributed by atoms with E-state index in [0.29, 0.717) is 18.7 Å². The fraction of sp³-hybridized carbons (Fsp3) is 0.208. The molecule has 6 heteroatoms. The average molecular weight is 398 g/mol. The Kier molecular flexibility index (Phi) is 4.37. The first-order valence-electron chi connectivity index (χ1n) is 9.92. The molecule has 0 radical (unpaired) electrons. The number of hydrogen-bond donors (Lipinski definition) is 0. The molecule has 0 spiro atoms. The van der Waals surface area contributed by atoms with Crippen LogP contribution in [0.5, 0.6) is 5.75 Å². The molecule has 0 fully saturated rings. The van der Waals surface area contributed by atoms with Crippen molar-refractivity contribution in [3.8, 4) is 28.3 Å². The highest BCUT2D eigenvalue weighted by Crippen LogP contribution is 2.45. The third-order valence-corrected chi connectivity index (χ3v) is 5.48. The Morgan fingerprint density at radius 1 is 1.10 bits per heavy atom. The van der Waals surface area contributed by atoms with Gasteiger partial charge in [0.15, 0.2) is 0 Å². The van der Waals surface area contributed by atoms with Crippen LogP contribution in [-0.2, 0) is 0 Å². The summed E-state index contributed by atoms with van der Waals surface area (Å²) in [6.07, 6.45) is 0.353. The molecule has 0 N–H and O–H groups in total. The Morgan fingerprint density at radius 2 is 1.87 bits per heavy atom. The van der Waals surface area contributed by atoms with Gasteiger partial charge in [0.05, 0.1) is 12.7 Å². The first-order valence-corrected chi connectivity index (χ1v) is 9.92. The Morgan fingerprint density at radius 3 is 2.60 bits per heavy atom. The van der Waals surface area contributed by atoms with Crippen LogP contribution in [0.4, 0.5) is 0 Å². The van der Waals surface area contributed by atoms with Gasteiger partial charge in [0.1, 0.15) is 17.0 Å². The predicted octanol–water partition coefficient (Wildman–Crippen LogP) is 2.81. The fourth-order valence-corrected chi connectivity index (χ4v) is 4.04. The number of nitrogens with zero attached hydrogens (tertiary/aromatic N) is 4. The van der Waals surface area contributed by atoms with Crippen molar-refractivity contribution in [2.45, 2.75) is 6.42 Å². The van der Waals surface area contributed by atoms with Crippen molar-refractivity contribution in [1.29, 1.82) is 0 Å². The molecule has 30 heavy (non-hydrogen) atoms. The molecule has 150 valence electrons. The number of hydrogen-bond acceptors (Lipinski definition) is 5. The van der Waals surface area contributed by atoms with Crippen molar-refractivity contribution >= 4 is 27.7 Å². The van der Waals surface area contributed by atoms with Crippen molar-refractivity contribution in [1.82, 2.24) is 9.88 Å². The Balaban J connectivity index is 1.83. The molecule has 0 aliphatic heterocycles. The minimum atomic E-state index is -0.164. The van der Waals surface area contributed by atoms with Crippen LogP contribution in [0, 0.1) is 0 Å². The van der Waals surface area contributed by atoms with Gasteiger partial charge in [-0.1, -0.05) is 30.3 Å². The summed E-state index contributed by atoms with van der Waals surface area (Å²) in [5, 5.41) is 19.6. The van der Waals surface area contributed by atoms with Gasteiger partial charge >= 0.3 is 0 Å². The Labute approximate surface area is 174 Å². The van der Waals surface area contributed by atoms with Crippen molar-refractivity contribution in [2.24, 2.45) is 5.10 Å². The van der Waals surface area contributed by atoms with Gasteiger partial charge in [-0.15, -0.1) is 0 Å². The van der Waals surface area contributed by atoms with Crippen molar-refractivity contribution in [3.63, 3.8) is 0 Å². The second kappa shape index (κ2) is 7.07. The third kappa shape index (κ3) is 2.88. The van der Waals surface area contributed by atoms with E-state index in [0.717, 1.165) is 44.3 Å². The Bertz CT molecular complexity index is 1320. The summed E-state index contributed by atoms with van der Waals surface area (Å²) in [4.78, 5) is 6.95. The van der Waals surface area contributed by atoms with E-state index >= 15 is 0 Å². The van der Waals surface area contributed by atoms with Crippen LogP contribution in [0.1, 0.15) is 6.42 Å². The molecule has 3 aromatic carbocycles.